The molecule has 3 N–H and O–H groups in total. The predicted octanol–water partition coefficient (Wildman–Crippen LogP) is 0.659. The van der Waals surface area contributed by atoms with Crippen LogP contribution in [-0.4, -0.2) is 17.9 Å². The van der Waals surface area contributed by atoms with Crippen molar-refractivity contribution in [2.45, 2.75) is 19.0 Å². The molecule has 2 aromatic rings. The van der Waals surface area contributed by atoms with Gasteiger partial charge < -0.3 is 5.32 Å². The van der Waals surface area contributed by atoms with Crippen molar-refractivity contribution in [2.75, 3.05) is 4.90 Å². The van der Waals surface area contributed by atoms with E-state index in [1.54, 1.807) is 12.1 Å². The molecule has 3 rings (SSSR count). The molecule has 1 aromatic carbocycles. The number of benzene rings is 1. The lowest BCUT2D eigenvalue weighted by molar-refractivity contribution is -0.690. The minimum Gasteiger partial charge on any atom is -0.332 e. The molecule has 1 aromatic heterocycles. The van der Waals surface area contributed by atoms with E-state index in [0.717, 1.165) is 10.0 Å². The third-order valence-corrected chi connectivity index (χ3v) is 4.20. The molecule has 0 saturated carbocycles. The fraction of sp³-hybridized carbons (Fsp3) is 0.188. The lowest BCUT2D eigenvalue weighted by Crippen LogP contribution is -2.90. The van der Waals surface area contributed by atoms with E-state index in [2.05, 4.69) is 20.9 Å². The number of aromatic nitrogens is 1. The third kappa shape index (κ3) is 3.08. The molecule has 0 radical (unpaired) electrons. The van der Waals surface area contributed by atoms with Gasteiger partial charge in [-0.05, 0) is 30.3 Å². The standard InChI is InChI=1S/C16H14BrN3O2/c17-12-3-5-13(6-4-12)20-15(21)8-14(16(20)22)19-10-11-2-1-7-18-9-11/h1-7,9,14,19H,8,10H2/p+2. The average Bonchev–Trinajstić information content (AvgIpc) is 2.82. The molecule has 0 spiro atoms. The van der Waals surface area contributed by atoms with Crippen molar-refractivity contribution in [3.05, 3.63) is 58.8 Å². The number of H-pyrrole nitrogens is 1. The number of pyridine rings is 1. The highest BCUT2D eigenvalue weighted by molar-refractivity contribution is 9.10. The van der Waals surface area contributed by atoms with Crippen molar-refractivity contribution in [3.63, 3.8) is 0 Å². The summed E-state index contributed by atoms with van der Waals surface area (Å²) in [4.78, 5) is 28.9. The molecule has 0 bridgehead atoms. The number of aromatic amines is 1. The number of rotatable bonds is 4. The zero-order valence-electron chi connectivity index (χ0n) is 11.8. The molecule has 2 heterocycles. The first-order chi connectivity index (χ1) is 10.6. The maximum absolute atomic E-state index is 12.5. The van der Waals surface area contributed by atoms with E-state index in [1.165, 1.54) is 4.90 Å². The number of nitrogens with one attached hydrogen (secondary N) is 1. The van der Waals surface area contributed by atoms with E-state index in [4.69, 9.17) is 0 Å². The number of imide groups is 1. The van der Waals surface area contributed by atoms with Crippen molar-refractivity contribution in [2.24, 2.45) is 0 Å². The molecule has 112 valence electrons. The van der Waals surface area contributed by atoms with Gasteiger partial charge in [-0.1, -0.05) is 15.9 Å². The Kier molecular flexibility index (Phi) is 4.31. The van der Waals surface area contributed by atoms with Gasteiger partial charge in [0.15, 0.2) is 18.4 Å². The molecule has 1 aliphatic rings. The molecule has 1 atom stereocenters. The van der Waals surface area contributed by atoms with E-state index in [-0.39, 0.29) is 24.3 Å². The smallest absolute Gasteiger partial charge is 0.292 e. The van der Waals surface area contributed by atoms with Crippen molar-refractivity contribution in [1.82, 2.24) is 0 Å². The van der Waals surface area contributed by atoms with E-state index in [9.17, 15) is 9.59 Å². The third-order valence-electron chi connectivity index (χ3n) is 3.68. The number of carbonyl (C=O) groups is 2. The molecule has 1 aliphatic heterocycles. The van der Waals surface area contributed by atoms with Crippen LogP contribution in [0.2, 0.25) is 0 Å². The van der Waals surface area contributed by atoms with Crippen LogP contribution in [0.15, 0.2) is 53.3 Å². The van der Waals surface area contributed by atoms with Gasteiger partial charge in [0.25, 0.3) is 5.91 Å². The number of quaternary nitrogens is 1. The molecule has 22 heavy (non-hydrogen) atoms. The zero-order chi connectivity index (χ0) is 15.5. The number of hydrogen-bond donors (Lipinski definition) is 1. The highest BCUT2D eigenvalue weighted by atomic mass is 79.9. The van der Waals surface area contributed by atoms with Crippen LogP contribution >= 0.6 is 15.9 Å². The Labute approximate surface area is 136 Å². The normalized spacial score (nSPS) is 18.0. The molecular weight excluding hydrogens is 346 g/mol. The van der Waals surface area contributed by atoms with Gasteiger partial charge in [-0.2, -0.15) is 0 Å². The van der Waals surface area contributed by atoms with E-state index >= 15 is 0 Å². The van der Waals surface area contributed by atoms with Crippen LogP contribution in [0.1, 0.15) is 12.0 Å². The number of amides is 2. The lowest BCUT2D eigenvalue weighted by Gasteiger charge is -2.14. The highest BCUT2D eigenvalue weighted by Gasteiger charge is 2.42. The number of nitrogens with two attached hydrogens (primary N) is 1. The van der Waals surface area contributed by atoms with E-state index in [1.807, 2.05) is 42.0 Å². The molecule has 1 unspecified atom stereocenters. The SMILES string of the molecule is O=C1CC([NH2+]Cc2ccc[nH+]c2)C(=O)N1c1ccc(Br)cc1. The number of halogens is 1. The Morgan fingerprint density at radius 3 is 2.68 bits per heavy atom. The minimum atomic E-state index is -0.351. The summed E-state index contributed by atoms with van der Waals surface area (Å²) in [7, 11) is 0. The molecule has 0 aliphatic carbocycles. The monoisotopic (exact) mass is 361 g/mol. The van der Waals surface area contributed by atoms with Gasteiger partial charge in [0.2, 0.25) is 5.91 Å². The Morgan fingerprint density at radius 1 is 1.23 bits per heavy atom. The molecule has 1 saturated heterocycles. The topological polar surface area (TPSA) is 68.1 Å². The predicted molar refractivity (Wildman–Crippen MR) is 83.7 cm³/mol. The maximum Gasteiger partial charge on any atom is 0.292 e. The lowest BCUT2D eigenvalue weighted by atomic mass is 10.2. The van der Waals surface area contributed by atoms with Crippen LogP contribution in [0.3, 0.4) is 0 Å². The fourth-order valence-corrected chi connectivity index (χ4v) is 2.80. The van der Waals surface area contributed by atoms with Crippen molar-refractivity contribution in [3.8, 4) is 0 Å². The molecule has 6 heteroatoms. The number of nitrogens with zero attached hydrogens (tertiary/aromatic N) is 1. The van der Waals surface area contributed by atoms with Crippen LogP contribution in [0.4, 0.5) is 5.69 Å². The first kappa shape index (κ1) is 14.9. The molecule has 5 nitrogen and oxygen atoms in total. The summed E-state index contributed by atoms with van der Waals surface area (Å²) in [6.45, 7) is 0.662. The Balaban J connectivity index is 1.70. The zero-order valence-corrected chi connectivity index (χ0v) is 13.4. The molecule has 1 fully saturated rings. The van der Waals surface area contributed by atoms with Gasteiger partial charge in [-0.3, -0.25) is 9.59 Å². The summed E-state index contributed by atoms with van der Waals surface area (Å²) in [5.41, 5.74) is 1.71. The van der Waals surface area contributed by atoms with Crippen LogP contribution in [0, 0.1) is 0 Å². The van der Waals surface area contributed by atoms with Gasteiger partial charge in [0.1, 0.15) is 6.54 Å². The second-order valence-electron chi connectivity index (χ2n) is 5.21. The van der Waals surface area contributed by atoms with Crippen LogP contribution in [-0.2, 0) is 16.1 Å². The Morgan fingerprint density at radius 2 is 2.00 bits per heavy atom. The minimum absolute atomic E-state index is 0.145. The molecular formula is C16H16BrN3O2+2. The van der Waals surface area contributed by atoms with Crippen molar-refractivity contribution in [1.29, 1.82) is 0 Å². The second kappa shape index (κ2) is 6.37. The number of carbonyl (C=O) groups excluding carboxylic acids is 2. The summed E-state index contributed by atoms with van der Waals surface area (Å²) in [6.07, 6.45) is 3.97. The van der Waals surface area contributed by atoms with Gasteiger partial charge >= 0.3 is 0 Å². The fourth-order valence-electron chi connectivity index (χ4n) is 2.54. The summed E-state index contributed by atoms with van der Waals surface area (Å²) >= 11 is 3.35. The van der Waals surface area contributed by atoms with Crippen molar-refractivity contribution < 1.29 is 19.9 Å². The Bertz CT molecular complexity index is 688. The van der Waals surface area contributed by atoms with Gasteiger partial charge in [-0.15, -0.1) is 0 Å². The van der Waals surface area contributed by atoms with E-state index in [0.29, 0.717) is 12.2 Å². The largest absolute Gasteiger partial charge is 0.332 e. The van der Waals surface area contributed by atoms with Gasteiger partial charge in [0, 0.05) is 10.5 Å². The van der Waals surface area contributed by atoms with E-state index < -0.39 is 0 Å². The summed E-state index contributed by atoms with van der Waals surface area (Å²) in [5.74, 6) is -0.291. The number of anilines is 1. The maximum atomic E-state index is 12.5. The Hall–Kier alpha value is -2.05. The second-order valence-corrected chi connectivity index (χ2v) is 6.12. The highest BCUT2D eigenvalue weighted by Crippen LogP contribution is 2.23. The van der Waals surface area contributed by atoms with Crippen LogP contribution < -0.4 is 15.2 Å². The quantitative estimate of drug-likeness (QED) is 0.812. The van der Waals surface area contributed by atoms with Gasteiger partial charge in [-0.25, -0.2) is 9.88 Å². The first-order valence-corrected chi connectivity index (χ1v) is 7.85. The average molecular weight is 362 g/mol. The van der Waals surface area contributed by atoms with Crippen LogP contribution in [0.5, 0.6) is 0 Å². The summed E-state index contributed by atoms with van der Waals surface area (Å²) in [5, 5.41) is 1.92. The van der Waals surface area contributed by atoms with Crippen LogP contribution in [0.25, 0.3) is 0 Å². The van der Waals surface area contributed by atoms with Crippen molar-refractivity contribution >= 4 is 33.4 Å². The summed E-state index contributed by atoms with van der Waals surface area (Å²) in [6, 6.07) is 10.7. The first-order valence-electron chi connectivity index (χ1n) is 7.06. The summed E-state index contributed by atoms with van der Waals surface area (Å²) < 4.78 is 0.916. The number of hydrogen-bond acceptors (Lipinski definition) is 2. The van der Waals surface area contributed by atoms with Gasteiger partial charge in [0.05, 0.1) is 17.7 Å². The molecule has 2 amide bonds.